The Bertz CT molecular complexity index is 1410. The van der Waals surface area contributed by atoms with E-state index >= 15 is 0 Å². The molecular formula is C24H21BFN7. The van der Waals surface area contributed by atoms with Crippen LogP contribution in [-0.2, 0) is 13.0 Å². The molecule has 0 aliphatic heterocycles. The molecule has 162 valence electrons. The maximum absolute atomic E-state index is 13.9. The molecule has 1 N–H and O–H groups in total. The molecule has 0 aliphatic carbocycles. The van der Waals surface area contributed by atoms with Crippen LogP contribution in [0.4, 0.5) is 4.39 Å². The van der Waals surface area contributed by atoms with Crippen molar-refractivity contribution in [1.82, 2.24) is 34.4 Å². The van der Waals surface area contributed by atoms with Crippen LogP contribution in [0.5, 0.6) is 0 Å². The zero-order valence-corrected chi connectivity index (χ0v) is 18.1. The van der Waals surface area contributed by atoms with E-state index in [1.54, 1.807) is 21.5 Å². The van der Waals surface area contributed by atoms with Crippen molar-refractivity contribution in [1.29, 1.82) is 0 Å². The van der Waals surface area contributed by atoms with E-state index in [4.69, 9.17) is 13.0 Å². The number of H-pyrrole nitrogens is 1. The van der Waals surface area contributed by atoms with Crippen LogP contribution in [0.2, 0.25) is 0 Å². The SMILES string of the molecule is [B]N(CCc1ccccc1F)Cc1nc(-c2ccc3ncnn3c2)c(-c2cccc(C)n2)[nH]1. The number of nitrogens with one attached hydrogen (secondary N) is 1. The van der Waals surface area contributed by atoms with E-state index in [1.807, 2.05) is 49.5 Å². The first-order chi connectivity index (χ1) is 16.1. The molecule has 4 heterocycles. The number of fused-ring (bicyclic) bond motifs is 1. The summed E-state index contributed by atoms with van der Waals surface area (Å²) < 4.78 is 15.6. The van der Waals surface area contributed by atoms with E-state index in [1.165, 1.54) is 12.4 Å². The number of aromatic amines is 1. The van der Waals surface area contributed by atoms with Crippen molar-refractivity contribution in [2.45, 2.75) is 19.9 Å². The highest BCUT2D eigenvalue weighted by atomic mass is 19.1. The predicted octanol–water partition coefficient (Wildman–Crippen LogP) is 3.76. The van der Waals surface area contributed by atoms with Gasteiger partial charge in [0, 0.05) is 24.0 Å². The Labute approximate surface area is 191 Å². The second-order valence-electron chi connectivity index (χ2n) is 7.86. The van der Waals surface area contributed by atoms with Crippen LogP contribution in [0.15, 0.2) is 67.1 Å². The van der Waals surface area contributed by atoms with Gasteiger partial charge in [0.05, 0.1) is 17.1 Å². The standard InChI is InChI=1S/C24H21BFN7/c1-16-5-4-8-20(29-16)24-23(18-9-10-22-27-15-28-33(22)13-18)30-21(31-24)14-32(25)12-11-17-6-2-3-7-19(17)26/h2-10,13,15H,11-12,14H2,1H3,(H,30,31). The van der Waals surface area contributed by atoms with Crippen LogP contribution in [0.1, 0.15) is 17.1 Å². The minimum Gasteiger partial charge on any atom is -0.347 e. The van der Waals surface area contributed by atoms with Gasteiger partial charge >= 0.3 is 0 Å². The fourth-order valence-electron chi connectivity index (χ4n) is 3.77. The Balaban J connectivity index is 1.44. The summed E-state index contributed by atoms with van der Waals surface area (Å²) in [5.74, 6) is 0.473. The number of pyridine rings is 2. The molecule has 0 fully saturated rings. The minimum atomic E-state index is -0.220. The summed E-state index contributed by atoms with van der Waals surface area (Å²) in [7, 11) is 6.24. The molecule has 0 aliphatic rings. The normalized spacial score (nSPS) is 11.5. The number of rotatable bonds is 7. The number of halogens is 1. The van der Waals surface area contributed by atoms with Crippen molar-refractivity contribution in [3.05, 3.63) is 90.0 Å². The molecule has 7 nitrogen and oxygen atoms in total. The Morgan fingerprint density at radius 1 is 1.06 bits per heavy atom. The predicted molar refractivity (Wildman–Crippen MR) is 125 cm³/mol. The molecule has 5 aromatic rings. The lowest BCUT2D eigenvalue weighted by Gasteiger charge is -2.15. The van der Waals surface area contributed by atoms with Gasteiger partial charge in [-0.15, -0.1) is 0 Å². The summed E-state index contributed by atoms with van der Waals surface area (Å²) in [4.78, 5) is 18.7. The monoisotopic (exact) mass is 437 g/mol. The Morgan fingerprint density at radius 3 is 2.79 bits per heavy atom. The van der Waals surface area contributed by atoms with Crippen molar-refractivity contribution in [2.75, 3.05) is 6.54 Å². The Hall–Kier alpha value is -3.85. The first kappa shape index (κ1) is 21.0. The molecule has 2 radical (unpaired) electrons. The number of aryl methyl sites for hydroxylation is 1. The van der Waals surface area contributed by atoms with Crippen LogP contribution in [-0.4, -0.2) is 48.9 Å². The van der Waals surface area contributed by atoms with Crippen LogP contribution in [0.3, 0.4) is 0 Å². The molecule has 33 heavy (non-hydrogen) atoms. The van der Waals surface area contributed by atoms with Gasteiger partial charge in [-0.25, -0.2) is 18.9 Å². The second-order valence-corrected chi connectivity index (χ2v) is 7.86. The van der Waals surface area contributed by atoms with Gasteiger partial charge in [0.2, 0.25) is 0 Å². The first-order valence-corrected chi connectivity index (χ1v) is 10.6. The fraction of sp³-hybridized carbons (Fsp3) is 0.167. The Kier molecular flexibility index (Phi) is 5.70. The number of hydrogen-bond donors (Lipinski definition) is 1. The van der Waals surface area contributed by atoms with E-state index in [-0.39, 0.29) is 5.82 Å². The molecule has 0 amide bonds. The largest absolute Gasteiger partial charge is 0.347 e. The van der Waals surface area contributed by atoms with Gasteiger partial charge in [0.25, 0.3) is 0 Å². The van der Waals surface area contributed by atoms with Gasteiger partial charge in [0.1, 0.15) is 18.0 Å². The highest BCUT2D eigenvalue weighted by Crippen LogP contribution is 2.29. The van der Waals surface area contributed by atoms with E-state index in [0.717, 1.165) is 34.0 Å². The Morgan fingerprint density at radius 2 is 1.94 bits per heavy atom. The number of hydrogen-bond acceptors (Lipinski definition) is 5. The highest BCUT2D eigenvalue weighted by molar-refractivity contribution is 6.04. The smallest absolute Gasteiger partial charge is 0.183 e. The summed E-state index contributed by atoms with van der Waals surface area (Å²) in [5.41, 5.74) is 5.52. The van der Waals surface area contributed by atoms with Gasteiger partial charge in [0.15, 0.2) is 13.6 Å². The lowest BCUT2D eigenvalue weighted by Crippen LogP contribution is -2.23. The summed E-state index contributed by atoms with van der Waals surface area (Å²) in [6.07, 6.45) is 3.91. The van der Waals surface area contributed by atoms with Crippen molar-refractivity contribution in [3.63, 3.8) is 0 Å². The quantitative estimate of drug-likeness (QED) is 0.393. The zero-order valence-electron chi connectivity index (χ0n) is 18.1. The summed E-state index contributed by atoms with van der Waals surface area (Å²) in [5, 5.41) is 4.23. The molecule has 0 unspecified atom stereocenters. The maximum atomic E-state index is 13.9. The average Bonchev–Trinajstić information content (AvgIpc) is 3.45. The van der Waals surface area contributed by atoms with Crippen LogP contribution in [0, 0.1) is 12.7 Å². The van der Waals surface area contributed by atoms with Crippen molar-refractivity contribution >= 4 is 13.6 Å². The third-order valence-corrected chi connectivity index (χ3v) is 5.42. The zero-order chi connectivity index (χ0) is 22.8. The third kappa shape index (κ3) is 4.54. The molecule has 0 spiro atoms. The highest BCUT2D eigenvalue weighted by Gasteiger charge is 2.17. The lowest BCUT2D eigenvalue weighted by atomic mass is 10.1. The van der Waals surface area contributed by atoms with E-state index < -0.39 is 0 Å². The summed E-state index contributed by atoms with van der Waals surface area (Å²) in [6, 6.07) is 16.5. The van der Waals surface area contributed by atoms with E-state index in [9.17, 15) is 4.39 Å². The van der Waals surface area contributed by atoms with Crippen molar-refractivity contribution < 1.29 is 4.39 Å². The number of benzene rings is 1. The first-order valence-electron chi connectivity index (χ1n) is 10.6. The number of nitrogens with zero attached hydrogens (tertiary/aromatic N) is 6. The summed E-state index contributed by atoms with van der Waals surface area (Å²) in [6.45, 7) is 2.81. The molecule has 0 atom stereocenters. The maximum Gasteiger partial charge on any atom is 0.183 e. The van der Waals surface area contributed by atoms with Gasteiger partial charge in [-0.05, 0) is 55.8 Å². The molecular weight excluding hydrogens is 416 g/mol. The van der Waals surface area contributed by atoms with Crippen LogP contribution in [0.25, 0.3) is 28.3 Å². The summed E-state index contributed by atoms with van der Waals surface area (Å²) >= 11 is 0. The van der Waals surface area contributed by atoms with Crippen LogP contribution < -0.4 is 0 Å². The molecule has 5 rings (SSSR count). The van der Waals surface area contributed by atoms with Crippen molar-refractivity contribution in [2.24, 2.45) is 0 Å². The molecule has 0 bridgehead atoms. The van der Waals surface area contributed by atoms with Gasteiger partial charge in [-0.2, -0.15) is 5.10 Å². The van der Waals surface area contributed by atoms with Gasteiger partial charge < -0.3 is 9.79 Å². The van der Waals surface area contributed by atoms with Crippen molar-refractivity contribution in [3.8, 4) is 22.6 Å². The molecule has 4 aromatic heterocycles. The molecule has 0 saturated carbocycles. The van der Waals surface area contributed by atoms with Gasteiger partial charge in [-0.3, -0.25) is 4.98 Å². The third-order valence-electron chi connectivity index (χ3n) is 5.42. The lowest BCUT2D eigenvalue weighted by molar-refractivity contribution is 0.437. The van der Waals surface area contributed by atoms with Crippen LogP contribution >= 0.6 is 0 Å². The van der Waals surface area contributed by atoms with E-state index in [0.29, 0.717) is 30.9 Å². The molecule has 9 heteroatoms. The molecule has 0 saturated heterocycles. The average molecular weight is 437 g/mol. The van der Waals surface area contributed by atoms with Gasteiger partial charge in [-0.1, -0.05) is 24.3 Å². The number of imidazole rings is 1. The molecule has 1 aromatic carbocycles. The second kappa shape index (κ2) is 8.95. The topological polar surface area (TPSA) is 75.0 Å². The van der Waals surface area contributed by atoms with E-state index in [2.05, 4.69) is 20.1 Å². The minimum absolute atomic E-state index is 0.220. The fourth-order valence-corrected chi connectivity index (χ4v) is 3.77. The number of aromatic nitrogens is 6.